The van der Waals surface area contributed by atoms with E-state index in [-0.39, 0.29) is 5.97 Å². The van der Waals surface area contributed by atoms with Crippen LogP contribution in [0.1, 0.15) is 18.1 Å². The maximum Gasteiger partial charge on any atom is 0.308 e. The number of aromatic nitrogens is 1. The molecule has 23 heavy (non-hydrogen) atoms. The van der Waals surface area contributed by atoms with Crippen molar-refractivity contribution in [1.82, 2.24) is 4.57 Å². The highest BCUT2D eigenvalue weighted by atomic mass is 16.5. The first-order valence-electron chi connectivity index (χ1n) is 7.44. The summed E-state index contributed by atoms with van der Waals surface area (Å²) in [4.78, 5) is 11.4. The van der Waals surface area contributed by atoms with Gasteiger partial charge in [-0.3, -0.25) is 4.79 Å². The van der Waals surface area contributed by atoms with Crippen molar-refractivity contribution in [3.63, 3.8) is 0 Å². The molecular formula is C19H19NO3. The van der Waals surface area contributed by atoms with Gasteiger partial charge in [0.15, 0.2) is 5.75 Å². The molecule has 3 aromatic rings. The van der Waals surface area contributed by atoms with E-state index in [1.54, 1.807) is 7.11 Å². The highest BCUT2D eigenvalue weighted by molar-refractivity contribution is 5.91. The summed E-state index contributed by atoms with van der Waals surface area (Å²) in [6.45, 7) is 5.54. The zero-order valence-electron chi connectivity index (χ0n) is 13.7. The highest BCUT2D eigenvalue weighted by Crippen LogP contribution is 2.34. The molecule has 0 N–H and O–H groups in total. The van der Waals surface area contributed by atoms with Crippen molar-refractivity contribution in [3.05, 3.63) is 53.7 Å². The number of hydrogen-bond acceptors (Lipinski definition) is 3. The van der Waals surface area contributed by atoms with Crippen LogP contribution in [0.5, 0.6) is 11.5 Å². The van der Waals surface area contributed by atoms with Crippen LogP contribution in [-0.2, 0) is 4.79 Å². The molecule has 0 amide bonds. The number of ether oxygens (including phenoxy) is 2. The van der Waals surface area contributed by atoms with Gasteiger partial charge in [-0.2, -0.15) is 0 Å². The van der Waals surface area contributed by atoms with Crippen molar-refractivity contribution in [1.29, 1.82) is 0 Å². The minimum Gasteiger partial charge on any atom is -0.497 e. The van der Waals surface area contributed by atoms with Gasteiger partial charge in [0.2, 0.25) is 0 Å². The van der Waals surface area contributed by atoms with Crippen LogP contribution < -0.4 is 9.47 Å². The van der Waals surface area contributed by atoms with Crippen molar-refractivity contribution in [2.75, 3.05) is 7.11 Å². The maximum atomic E-state index is 11.4. The standard InChI is InChI=1S/C19H19NO3/c1-12-7-13(2)9-15(8-12)20-11-19(23-14(3)21)17-10-16(22-4)5-6-18(17)20/h5-11H,1-4H3. The number of hydrogen-bond donors (Lipinski definition) is 0. The average Bonchev–Trinajstić information content (AvgIpc) is 2.83. The Bertz CT molecular complexity index is 873. The Hall–Kier alpha value is -2.75. The molecule has 0 spiro atoms. The van der Waals surface area contributed by atoms with Crippen LogP contribution in [0, 0.1) is 13.8 Å². The van der Waals surface area contributed by atoms with Crippen molar-refractivity contribution in [2.24, 2.45) is 0 Å². The number of nitrogens with zero attached hydrogens (tertiary/aromatic N) is 1. The van der Waals surface area contributed by atoms with E-state index >= 15 is 0 Å². The topological polar surface area (TPSA) is 40.5 Å². The Morgan fingerprint density at radius 3 is 2.35 bits per heavy atom. The quantitative estimate of drug-likeness (QED) is 0.681. The minimum atomic E-state index is -0.340. The van der Waals surface area contributed by atoms with E-state index in [0.29, 0.717) is 5.75 Å². The van der Waals surface area contributed by atoms with E-state index in [4.69, 9.17) is 9.47 Å². The molecule has 3 rings (SSSR count). The van der Waals surface area contributed by atoms with Crippen LogP contribution in [0.2, 0.25) is 0 Å². The van der Waals surface area contributed by atoms with Crippen LogP contribution in [-0.4, -0.2) is 17.6 Å². The van der Waals surface area contributed by atoms with Gasteiger partial charge >= 0.3 is 5.97 Å². The predicted molar refractivity (Wildman–Crippen MR) is 90.6 cm³/mol. The molecule has 0 fully saturated rings. The smallest absolute Gasteiger partial charge is 0.308 e. The second-order valence-electron chi connectivity index (χ2n) is 5.69. The molecular weight excluding hydrogens is 290 g/mol. The van der Waals surface area contributed by atoms with Gasteiger partial charge in [0.1, 0.15) is 5.75 Å². The third kappa shape index (κ3) is 2.93. The Balaban J connectivity index is 2.26. The molecule has 0 atom stereocenters. The summed E-state index contributed by atoms with van der Waals surface area (Å²) in [7, 11) is 1.62. The summed E-state index contributed by atoms with van der Waals surface area (Å²) in [6.07, 6.45) is 1.85. The van der Waals surface area contributed by atoms with E-state index in [9.17, 15) is 4.79 Å². The zero-order valence-corrected chi connectivity index (χ0v) is 13.7. The first kappa shape index (κ1) is 15.2. The molecule has 0 bridgehead atoms. The molecule has 4 heteroatoms. The van der Waals surface area contributed by atoms with Crippen molar-refractivity contribution >= 4 is 16.9 Å². The second kappa shape index (κ2) is 5.80. The molecule has 118 valence electrons. The van der Waals surface area contributed by atoms with Crippen LogP contribution in [0.3, 0.4) is 0 Å². The predicted octanol–water partition coefficient (Wildman–Crippen LogP) is 4.18. The maximum absolute atomic E-state index is 11.4. The summed E-state index contributed by atoms with van der Waals surface area (Å²) in [6, 6.07) is 12.1. The number of esters is 1. The molecule has 1 aromatic heterocycles. The van der Waals surface area contributed by atoms with E-state index in [1.165, 1.54) is 18.1 Å². The summed E-state index contributed by atoms with van der Waals surface area (Å²) in [5, 5.41) is 0.846. The normalized spacial score (nSPS) is 10.8. The number of carbonyl (C=O) groups excluding carboxylic acids is 1. The van der Waals surface area contributed by atoms with Gasteiger partial charge in [0.25, 0.3) is 0 Å². The van der Waals surface area contributed by atoms with Gasteiger partial charge in [-0.15, -0.1) is 0 Å². The Morgan fingerprint density at radius 2 is 1.74 bits per heavy atom. The third-order valence-corrected chi connectivity index (χ3v) is 3.71. The molecule has 0 aliphatic carbocycles. The summed E-state index contributed by atoms with van der Waals surface area (Å²) >= 11 is 0. The lowest BCUT2D eigenvalue weighted by molar-refractivity contribution is -0.131. The average molecular weight is 309 g/mol. The Morgan fingerprint density at radius 1 is 1.04 bits per heavy atom. The van der Waals surface area contributed by atoms with Gasteiger partial charge in [0, 0.05) is 18.0 Å². The SMILES string of the molecule is COc1ccc2c(c1)c(OC(C)=O)cn2-c1cc(C)cc(C)c1. The molecule has 0 radical (unpaired) electrons. The summed E-state index contributed by atoms with van der Waals surface area (Å²) < 4.78 is 12.7. The molecule has 2 aromatic carbocycles. The molecule has 0 saturated heterocycles. The zero-order chi connectivity index (χ0) is 16.6. The summed E-state index contributed by atoms with van der Waals surface area (Å²) in [5.41, 5.74) is 4.37. The molecule has 0 unspecified atom stereocenters. The molecule has 4 nitrogen and oxygen atoms in total. The monoisotopic (exact) mass is 309 g/mol. The Labute approximate surface area is 135 Å². The first-order valence-corrected chi connectivity index (χ1v) is 7.44. The van der Waals surface area contributed by atoms with E-state index in [1.807, 2.05) is 29.0 Å². The van der Waals surface area contributed by atoms with E-state index in [0.717, 1.165) is 22.3 Å². The second-order valence-corrected chi connectivity index (χ2v) is 5.69. The van der Waals surface area contributed by atoms with Gasteiger partial charge < -0.3 is 14.0 Å². The van der Waals surface area contributed by atoms with E-state index < -0.39 is 0 Å². The lowest BCUT2D eigenvalue weighted by Crippen LogP contribution is -2.00. The fourth-order valence-corrected chi connectivity index (χ4v) is 2.85. The highest BCUT2D eigenvalue weighted by Gasteiger charge is 2.14. The fraction of sp³-hybridized carbons (Fsp3) is 0.211. The van der Waals surface area contributed by atoms with Crippen LogP contribution in [0.15, 0.2) is 42.6 Å². The van der Waals surface area contributed by atoms with Crippen LogP contribution in [0.25, 0.3) is 16.6 Å². The number of benzene rings is 2. The fourth-order valence-electron chi connectivity index (χ4n) is 2.85. The van der Waals surface area contributed by atoms with E-state index in [2.05, 4.69) is 32.0 Å². The van der Waals surface area contributed by atoms with Gasteiger partial charge in [-0.1, -0.05) is 6.07 Å². The van der Waals surface area contributed by atoms with Gasteiger partial charge in [0.05, 0.1) is 18.8 Å². The van der Waals surface area contributed by atoms with Gasteiger partial charge in [-0.25, -0.2) is 0 Å². The number of methoxy groups -OCH3 is 1. The lowest BCUT2D eigenvalue weighted by atomic mass is 10.1. The molecule has 0 saturated carbocycles. The van der Waals surface area contributed by atoms with Crippen molar-refractivity contribution in [3.8, 4) is 17.2 Å². The van der Waals surface area contributed by atoms with Crippen LogP contribution in [0.4, 0.5) is 0 Å². The molecule has 0 aliphatic rings. The molecule has 0 aliphatic heterocycles. The van der Waals surface area contributed by atoms with Crippen molar-refractivity contribution < 1.29 is 14.3 Å². The van der Waals surface area contributed by atoms with Gasteiger partial charge in [-0.05, 0) is 55.3 Å². The third-order valence-electron chi connectivity index (χ3n) is 3.71. The van der Waals surface area contributed by atoms with Crippen molar-refractivity contribution in [2.45, 2.75) is 20.8 Å². The first-order chi connectivity index (χ1) is 11.0. The number of aryl methyl sites for hydroxylation is 2. The number of fused-ring (bicyclic) bond motifs is 1. The minimum absolute atomic E-state index is 0.340. The summed E-state index contributed by atoms with van der Waals surface area (Å²) in [5.74, 6) is 0.918. The molecule has 1 heterocycles. The largest absolute Gasteiger partial charge is 0.497 e. The Kier molecular flexibility index (Phi) is 3.82. The van der Waals surface area contributed by atoms with Crippen LogP contribution >= 0.6 is 0 Å². The lowest BCUT2D eigenvalue weighted by Gasteiger charge is -2.08. The number of carbonyl (C=O) groups is 1. The number of rotatable bonds is 3.